The SMILES string of the molecule is Cc1c(C(N)=O)sc2nc(SCCCOc3ccc(C(=O)O)cc3)[nH]c(=O)c12. The Hall–Kier alpha value is -2.85. The number of nitrogens with one attached hydrogen (secondary N) is 1. The van der Waals surface area contributed by atoms with Gasteiger partial charge in [-0.25, -0.2) is 9.78 Å². The average molecular weight is 419 g/mol. The summed E-state index contributed by atoms with van der Waals surface area (Å²) in [5.41, 5.74) is 5.81. The van der Waals surface area contributed by atoms with E-state index in [1.165, 1.54) is 23.9 Å². The number of primary amides is 1. The number of carboxylic acid groups (broad SMARTS) is 1. The Morgan fingerprint density at radius 2 is 2.04 bits per heavy atom. The Balaban J connectivity index is 1.56. The third kappa shape index (κ3) is 4.34. The highest BCUT2D eigenvalue weighted by molar-refractivity contribution is 7.99. The van der Waals surface area contributed by atoms with Crippen LogP contribution in [-0.2, 0) is 0 Å². The first kappa shape index (κ1) is 19.9. The molecular formula is C18H17N3O5S2. The Morgan fingerprint density at radius 1 is 1.32 bits per heavy atom. The topological polar surface area (TPSA) is 135 Å². The molecule has 146 valence electrons. The van der Waals surface area contributed by atoms with Crippen LogP contribution in [0.1, 0.15) is 32.0 Å². The monoisotopic (exact) mass is 419 g/mol. The minimum absolute atomic E-state index is 0.205. The molecule has 0 spiro atoms. The number of thioether (sulfide) groups is 1. The lowest BCUT2D eigenvalue weighted by Crippen LogP contribution is -2.12. The number of aryl methyl sites for hydroxylation is 1. The van der Waals surface area contributed by atoms with Gasteiger partial charge in [0.1, 0.15) is 10.6 Å². The third-order valence-electron chi connectivity index (χ3n) is 3.90. The van der Waals surface area contributed by atoms with Gasteiger partial charge < -0.3 is 20.6 Å². The van der Waals surface area contributed by atoms with E-state index in [2.05, 4.69) is 9.97 Å². The third-order valence-corrected chi connectivity index (χ3v) is 6.06. The second kappa shape index (κ2) is 8.44. The molecule has 0 radical (unpaired) electrons. The number of thiophene rings is 1. The van der Waals surface area contributed by atoms with Gasteiger partial charge in [0.2, 0.25) is 0 Å². The molecule has 0 saturated carbocycles. The van der Waals surface area contributed by atoms with E-state index in [9.17, 15) is 14.4 Å². The minimum Gasteiger partial charge on any atom is -0.494 e. The van der Waals surface area contributed by atoms with Gasteiger partial charge in [-0.05, 0) is 43.2 Å². The van der Waals surface area contributed by atoms with Gasteiger partial charge in [0.05, 0.1) is 22.4 Å². The summed E-state index contributed by atoms with van der Waals surface area (Å²) in [6, 6.07) is 6.19. The van der Waals surface area contributed by atoms with Crippen LogP contribution in [0, 0.1) is 6.92 Å². The van der Waals surface area contributed by atoms with E-state index >= 15 is 0 Å². The zero-order chi connectivity index (χ0) is 20.3. The zero-order valence-electron chi connectivity index (χ0n) is 14.9. The number of aromatic amines is 1. The summed E-state index contributed by atoms with van der Waals surface area (Å²) in [5, 5.41) is 9.73. The summed E-state index contributed by atoms with van der Waals surface area (Å²) >= 11 is 2.50. The summed E-state index contributed by atoms with van der Waals surface area (Å²) in [6.45, 7) is 2.12. The first-order chi connectivity index (χ1) is 13.4. The molecule has 3 aromatic rings. The van der Waals surface area contributed by atoms with Gasteiger partial charge in [0.25, 0.3) is 11.5 Å². The van der Waals surface area contributed by atoms with Gasteiger partial charge in [-0.2, -0.15) is 0 Å². The Labute approximate surface area is 167 Å². The number of hydrogen-bond donors (Lipinski definition) is 3. The fraction of sp³-hybridized carbons (Fsp3) is 0.222. The maximum Gasteiger partial charge on any atom is 0.335 e. The van der Waals surface area contributed by atoms with Crippen LogP contribution in [0.15, 0.2) is 34.2 Å². The number of aromatic carboxylic acids is 1. The molecule has 0 fully saturated rings. The minimum atomic E-state index is -0.981. The van der Waals surface area contributed by atoms with Crippen molar-refractivity contribution in [2.24, 2.45) is 5.73 Å². The normalized spacial score (nSPS) is 10.9. The van der Waals surface area contributed by atoms with Crippen LogP contribution in [0.2, 0.25) is 0 Å². The molecule has 10 heteroatoms. The molecule has 0 aliphatic carbocycles. The maximum absolute atomic E-state index is 12.3. The second-order valence-corrected chi connectivity index (χ2v) is 7.93. The highest BCUT2D eigenvalue weighted by Crippen LogP contribution is 2.28. The molecule has 0 bridgehead atoms. The number of nitrogens with zero attached hydrogens (tertiary/aromatic N) is 1. The summed E-state index contributed by atoms with van der Waals surface area (Å²) in [5.74, 6) is -0.293. The fourth-order valence-corrected chi connectivity index (χ4v) is 4.41. The standard InChI is InChI=1S/C18H17N3O5S2/c1-9-12-15(23)20-18(21-16(12)28-13(9)14(19)22)27-8-2-7-26-11-5-3-10(4-6-11)17(24)25/h3-6H,2,7-8H2,1H3,(H2,19,22)(H,24,25)(H,20,21,23). The highest BCUT2D eigenvalue weighted by atomic mass is 32.2. The van der Waals surface area contributed by atoms with Crippen molar-refractivity contribution in [2.45, 2.75) is 18.5 Å². The molecule has 0 aliphatic heterocycles. The smallest absolute Gasteiger partial charge is 0.335 e. The average Bonchev–Trinajstić information content (AvgIpc) is 2.99. The number of carbonyl (C=O) groups excluding carboxylic acids is 1. The van der Waals surface area contributed by atoms with Crippen LogP contribution in [-0.4, -0.2) is 39.3 Å². The molecule has 1 aromatic carbocycles. The maximum atomic E-state index is 12.3. The van der Waals surface area contributed by atoms with Gasteiger partial charge in [-0.1, -0.05) is 11.8 Å². The first-order valence-corrected chi connectivity index (χ1v) is 10.1. The number of aromatic nitrogens is 2. The van der Waals surface area contributed by atoms with Crippen LogP contribution < -0.4 is 16.0 Å². The van der Waals surface area contributed by atoms with Gasteiger partial charge in [-0.3, -0.25) is 9.59 Å². The van der Waals surface area contributed by atoms with Gasteiger partial charge in [0.15, 0.2) is 5.16 Å². The largest absolute Gasteiger partial charge is 0.494 e. The van der Waals surface area contributed by atoms with Crippen LogP contribution in [0.25, 0.3) is 10.2 Å². The molecule has 8 nitrogen and oxygen atoms in total. The molecule has 4 N–H and O–H groups in total. The summed E-state index contributed by atoms with van der Waals surface area (Å²) in [4.78, 5) is 42.5. The van der Waals surface area contributed by atoms with E-state index in [-0.39, 0.29) is 11.1 Å². The van der Waals surface area contributed by atoms with Gasteiger partial charge in [-0.15, -0.1) is 11.3 Å². The number of nitrogens with two attached hydrogens (primary N) is 1. The predicted molar refractivity (Wildman–Crippen MR) is 108 cm³/mol. The Kier molecular flexibility index (Phi) is 6.00. The lowest BCUT2D eigenvalue weighted by Gasteiger charge is -2.06. The van der Waals surface area contributed by atoms with Crippen LogP contribution >= 0.6 is 23.1 Å². The Bertz CT molecular complexity index is 1090. The van der Waals surface area contributed by atoms with Crippen molar-refractivity contribution in [3.63, 3.8) is 0 Å². The van der Waals surface area contributed by atoms with Crippen molar-refractivity contribution < 1.29 is 19.4 Å². The fourth-order valence-electron chi connectivity index (χ4n) is 2.54. The van der Waals surface area contributed by atoms with Crippen molar-refractivity contribution in [1.29, 1.82) is 0 Å². The molecule has 0 unspecified atom stereocenters. The van der Waals surface area contributed by atoms with E-state index in [0.29, 0.717) is 50.3 Å². The van der Waals surface area contributed by atoms with E-state index in [1.54, 1.807) is 19.1 Å². The zero-order valence-corrected chi connectivity index (χ0v) is 16.5. The molecule has 0 atom stereocenters. The molecule has 28 heavy (non-hydrogen) atoms. The van der Waals surface area contributed by atoms with Crippen LogP contribution in [0.5, 0.6) is 5.75 Å². The molecule has 0 saturated heterocycles. The van der Waals surface area contributed by atoms with Crippen LogP contribution in [0.3, 0.4) is 0 Å². The molecule has 3 rings (SSSR count). The molecule has 1 amide bonds. The van der Waals surface area contributed by atoms with Crippen LogP contribution in [0.4, 0.5) is 0 Å². The molecule has 2 aromatic heterocycles. The van der Waals surface area contributed by atoms with Gasteiger partial charge in [0, 0.05) is 5.75 Å². The number of carboxylic acids is 1. The number of rotatable bonds is 8. The molecule has 0 aliphatic rings. The van der Waals surface area contributed by atoms with Gasteiger partial charge >= 0.3 is 5.97 Å². The summed E-state index contributed by atoms with van der Waals surface area (Å²) in [7, 11) is 0. The summed E-state index contributed by atoms with van der Waals surface area (Å²) in [6.07, 6.45) is 0.698. The van der Waals surface area contributed by atoms with E-state index < -0.39 is 11.9 Å². The Morgan fingerprint density at radius 3 is 2.68 bits per heavy atom. The number of carbonyl (C=O) groups is 2. The van der Waals surface area contributed by atoms with Crippen molar-refractivity contribution in [3.8, 4) is 5.75 Å². The number of hydrogen-bond acceptors (Lipinski definition) is 7. The lowest BCUT2D eigenvalue weighted by molar-refractivity contribution is 0.0696. The number of amides is 1. The lowest BCUT2D eigenvalue weighted by atomic mass is 10.2. The van der Waals surface area contributed by atoms with Crippen molar-refractivity contribution in [3.05, 3.63) is 50.6 Å². The second-order valence-electron chi connectivity index (χ2n) is 5.85. The number of fused-ring (bicyclic) bond motifs is 1. The van der Waals surface area contributed by atoms with E-state index in [4.69, 9.17) is 15.6 Å². The van der Waals surface area contributed by atoms with E-state index in [1.807, 2.05) is 0 Å². The van der Waals surface area contributed by atoms with Crippen molar-refractivity contribution >= 4 is 45.2 Å². The summed E-state index contributed by atoms with van der Waals surface area (Å²) < 4.78 is 5.57. The van der Waals surface area contributed by atoms with Crippen molar-refractivity contribution in [2.75, 3.05) is 12.4 Å². The first-order valence-electron chi connectivity index (χ1n) is 8.29. The highest BCUT2D eigenvalue weighted by Gasteiger charge is 2.17. The molecular weight excluding hydrogens is 402 g/mol. The molecule has 2 heterocycles. The number of ether oxygens (including phenoxy) is 1. The van der Waals surface area contributed by atoms with E-state index in [0.717, 1.165) is 11.3 Å². The quantitative estimate of drug-likeness (QED) is 0.290. The number of benzene rings is 1. The predicted octanol–water partition coefficient (Wildman–Crippen LogP) is 2.65. The number of H-pyrrole nitrogens is 1. The van der Waals surface area contributed by atoms with Crippen molar-refractivity contribution in [1.82, 2.24) is 9.97 Å².